The predicted octanol–water partition coefficient (Wildman–Crippen LogP) is 3.30. The third-order valence-corrected chi connectivity index (χ3v) is 5.49. The molecule has 1 unspecified atom stereocenters. The van der Waals surface area contributed by atoms with Gasteiger partial charge in [0.05, 0.1) is 23.9 Å². The minimum Gasteiger partial charge on any atom is -0.482 e. The summed E-state index contributed by atoms with van der Waals surface area (Å²) < 4.78 is 16.6. The van der Waals surface area contributed by atoms with E-state index >= 15 is 0 Å². The normalized spacial score (nSPS) is 15.8. The maximum absolute atomic E-state index is 12.6. The third kappa shape index (κ3) is 5.61. The van der Waals surface area contributed by atoms with Gasteiger partial charge in [0, 0.05) is 9.35 Å². The number of carbonyl (C=O) groups excluding carboxylic acids is 3. The van der Waals surface area contributed by atoms with Gasteiger partial charge in [0.25, 0.3) is 0 Å². The zero-order valence-electron chi connectivity index (χ0n) is 16.0. The van der Waals surface area contributed by atoms with Crippen LogP contribution >= 0.6 is 27.3 Å². The molecule has 0 saturated carbocycles. The van der Waals surface area contributed by atoms with E-state index < -0.39 is 24.0 Å². The molecule has 0 radical (unpaired) electrons. The van der Waals surface area contributed by atoms with Crippen molar-refractivity contribution in [3.8, 4) is 5.75 Å². The number of hydrogen-bond donors (Lipinski definition) is 2. The quantitative estimate of drug-likeness (QED) is 0.545. The van der Waals surface area contributed by atoms with Crippen molar-refractivity contribution in [1.82, 2.24) is 10.6 Å². The molecule has 0 aliphatic carbocycles. The molecule has 1 atom stereocenters. The minimum atomic E-state index is -0.689. The summed E-state index contributed by atoms with van der Waals surface area (Å²) in [6.07, 6.45) is 0. The van der Waals surface area contributed by atoms with Gasteiger partial charge in [-0.2, -0.15) is 0 Å². The lowest BCUT2D eigenvalue weighted by Crippen LogP contribution is -2.47. The molecule has 8 nitrogen and oxygen atoms in total. The van der Waals surface area contributed by atoms with E-state index in [0.717, 1.165) is 9.35 Å². The zero-order valence-corrected chi connectivity index (χ0v) is 18.4. The van der Waals surface area contributed by atoms with Crippen molar-refractivity contribution in [2.75, 3.05) is 19.8 Å². The number of amides is 2. The van der Waals surface area contributed by atoms with E-state index in [1.165, 1.54) is 11.3 Å². The molecule has 2 heterocycles. The zero-order chi connectivity index (χ0) is 21.5. The summed E-state index contributed by atoms with van der Waals surface area (Å²) in [4.78, 5) is 37.5. The van der Waals surface area contributed by atoms with Crippen molar-refractivity contribution in [1.29, 1.82) is 0 Å². The molecule has 1 aromatic heterocycles. The fourth-order valence-electron chi connectivity index (χ4n) is 2.72. The highest BCUT2D eigenvalue weighted by atomic mass is 79.9. The number of rotatable bonds is 8. The van der Waals surface area contributed by atoms with Gasteiger partial charge in [0.15, 0.2) is 6.61 Å². The first-order chi connectivity index (χ1) is 14.5. The summed E-state index contributed by atoms with van der Waals surface area (Å²) in [7, 11) is 0. The molecule has 0 fully saturated rings. The summed E-state index contributed by atoms with van der Waals surface area (Å²) >= 11 is 4.71. The highest BCUT2D eigenvalue weighted by Crippen LogP contribution is 2.30. The molecule has 0 bridgehead atoms. The molecule has 1 aliphatic heterocycles. The molecule has 158 valence electrons. The van der Waals surface area contributed by atoms with Crippen molar-refractivity contribution in [3.63, 3.8) is 0 Å². The monoisotopic (exact) mass is 494 g/mol. The standard InChI is InChI=1S/C20H19BrN2O6S/c1-2-27-19(25)17-14(22-20(26)23-18(17)15-4-3-9-30-15)10-29-16(24)11-28-13-7-5-12(21)6-8-13/h3-9,18H,2,10-11H2,1H3,(H2,22,23,26). The highest BCUT2D eigenvalue weighted by molar-refractivity contribution is 9.10. The number of ether oxygens (including phenoxy) is 3. The van der Waals surface area contributed by atoms with Crippen LogP contribution in [0.3, 0.4) is 0 Å². The number of benzene rings is 1. The van der Waals surface area contributed by atoms with Crippen molar-refractivity contribution in [3.05, 3.63) is 62.4 Å². The first kappa shape index (κ1) is 21.8. The van der Waals surface area contributed by atoms with Crippen molar-refractivity contribution >= 4 is 45.2 Å². The Morgan fingerprint density at radius 2 is 1.93 bits per heavy atom. The Kier molecular flexibility index (Phi) is 7.47. The lowest BCUT2D eigenvalue weighted by atomic mass is 10.0. The maximum Gasteiger partial charge on any atom is 0.344 e. The Morgan fingerprint density at radius 3 is 2.60 bits per heavy atom. The molecule has 1 aromatic carbocycles. The van der Waals surface area contributed by atoms with Crippen molar-refractivity contribution in [2.24, 2.45) is 0 Å². The van der Waals surface area contributed by atoms with Crippen LogP contribution < -0.4 is 15.4 Å². The van der Waals surface area contributed by atoms with Crippen molar-refractivity contribution in [2.45, 2.75) is 13.0 Å². The first-order valence-electron chi connectivity index (χ1n) is 9.03. The molecule has 2 aromatic rings. The Hall–Kier alpha value is -2.85. The van der Waals surface area contributed by atoms with E-state index in [0.29, 0.717) is 5.75 Å². The molecule has 2 amide bonds. The van der Waals surface area contributed by atoms with Gasteiger partial charge in [-0.1, -0.05) is 22.0 Å². The Balaban J connectivity index is 1.71. The van der Waals surface area contributed by atoms with E-state index in [2.05, 4.69) is 26.6 Å². The molecule has 0 spiro atoms. The molecule has 30 heavy (non-hydrogen) atoms. The average Bonchev–Trinajstić information content (AvgIpc) is 3.26. The summed E-state index contributed by atoms with van der Waals surface area (Å²) in [6.45, 7) is 1.24. The molecule has 10 heteroatoms. The lowest BCUT2D eigenvalue weighted by molar-refractivity contribution is -0.145. The second-order valence-corrected chi connectivity index (χ2v) is 7.96. The number of carbonyl (C=O) groups is 3. The fraction of sp³-hybridized carbons (Fsp3) is 0.250. The smallest absolute Gasteiger partial charge is 0.344 e. The summed E-state index contributed by atoms with van der Waals surface area (Å²) in [5, 5.41) is 7.09. The summed E-state index contributed by atoms with van der Waals surface area (Å²) in [6, 6.07) is 9.41. The number of esters is 2. The maximum atomic E-state index is 12.6. The van der Waals surface area contributed by atoms with E-state index in [4.69, 9.17) is 14.2 Å². The van der Waals surface area contributed by atoms with Crippen molar-refractivity contribution < 1.29 is 28.6 Å². The molecule has 1 aliphatic rings. The van der Waals surface area contributed by atoms with Gasteiger partial charge in [-0.3, -0.25) is 0 Å². The van der Waals surface area contributed by atoms with E-state index in [-0.39, 0.29) is 31.1 Å². The predicted molar refractivity (Wildman–Crippen MR) is 113 cm³/mol. The van der Waals surface area contributed by atoms with Gasteiger partial charge in [0.2, 0.25) is 0 Å². The molecule has 0 saturated heterocycles. The Labute approximate surface area is 185 Å². The van der Waals surface area contributed by atoms with Crippen LogP contribution in [0.4, 0.5) is 4.79 Å². The second kappa shape index (κ2) is 10.3. The average molecular weight is 495 g/mol. The van der Waals surface area contributed by atoms with Gasteiger partial charge in [-0.05, 0) is 42.6 Å². The number of hydrogen-bond acceptors (Lipinski definition) is 7. The van der Waals surface area contributed by atoms with Crippen LogP contribution in [0.25, 0.3) is 0 Å². The highest BCUT2D eigenvalue weighted by Gasteiger charge is 2.34. The summed E-state index contributed by atoms with van der Waals surface area (Å²) in [5.41, 5.74) is 0.369. The molecule has 3 rings (SSSR count). The van der Waals surface area contributed by atoms with Crippen LogP contribution in [-0.2, 0) is 19.1 Å². The number of halogens is 1. The van der Waals surface area contributed by atoms with Gasteiger partial charge in [-0.25, -0.2) is 14.4 Å². The second-order valence-electron chi connectivity index (χ2n) is 6.06. The minimum absolute atomic E-state index is 0.168. The topological polar surface area (TPSA) is 103 Å². The number of thiophene rings is 1. The van der Waals surface area contributed by atoms with E-state index in [1.54, 1.807) is 37.3 Å². The third-order valence-electron chi connectivity index (χ3n) is 4.02. The number of nitrogens with one attached hydrogen (secondary N) is 2. The van der Waals surface area contributed by atoms with Crippen LogP contribution in [0, 0.1) is 0 Å². The molecule has 2 N–H and O–H groups in total. The van der Waals surface area contributed by atoms with Gasteiger partial charge >= 0.3 is 18.0 Å². The van der Waals surface area contributed by atoms with Crippen LogP contribution in [0.2, 0.25) is 0 Å². The SMILES string of the molecule is CCOC(=O)C1=C(COC(=O)COc2ccc(Br)cc2)NC(=O)NC1c1cccs1. The van der Waals surface area contributed by atoms with Gasteiger partial charge in [0.1, 0.15) is 12.4 Å². The lowest BCUT2D eigenvalue weighted by Gasteiger charge is -2.28. The van der Waals surface area contributed by atoms with E-state index in [9.17, 15) is 14.4 Å². The van der Waals surface area contributed by atoms with Crippen LogP contribution in [0.5, 0.6) is 5.75 Å². The molecular formula is C20H19BrN2O6S. The largest absolute Gasteiger partial charge is 0.482 e. The number of urea groups is 1. The van der Waals surface area contributed by atoms with Crippen LogP contribution in [0.15, 0.2) is 57.5 Å². The fourth-order valence-corrected chi connectivity index (χ4v) is 3.77. The summed E-state index contributed by atoms with van der Waals surface area (Å²) in [5.74, 6) is -0.732. The first-order valence-corrected chi connectivity index (χ1v) is 10.7. The van der Waals surface area contributed by atoms with Gasteiger partial charge in [-0.15, -0.1) is 11.3 Å². The van der Waals surface area contributed by atoms with Crippen LogP contribution in [0.1, 0.15) is 17.8 Å². The Morgan fingerprint density at radius 1 is 1.17 bits per heavy atom. The van der Waals surface area contributed by atoms with E-state index in [1.807, 2.05) is 11.4 Å². The van der Waals surface area contributed by atoms with Crippen LogP contribution in [-0.4, -0.2) is 37.8 Å². The molecular weight excluding hydrogens is 476 g/mol. The van der Waals surface area contributed by atoms with Gasteiger partial charge < -0.3 is 24.8 Å². The Bertz CT molecular complexity index is 943.